The van der Waals surface area contributed by atoms with Crippen molar-refractivity contribution in [2.24, 2.45) is 0 Å². The van der Waals surface area contributed by atoms with Gasteiger partial charge in [-0.3, -0.25) is 14.9 Å². The first-order valence-electron chi connectivity index (χ1n) is 7.25. The number of non-ortho nitro benzene ring substituents is 1. The number of hydrazine groups is 1. The van der Waals surface area contributed by atoms with Crippen molar-refractivity contribution in [1.82, 2.24) is 10.9 Å². The molecule has 1 atom stereocenters. The number of benzene rings is 2. The third-order valence-corrected chi connectivity index (χ3v) is 3.83. The Bertz CT molecular complexity index is 800. The Labute approximate surface area is 138 Å². The van der Waals surface area contributed by atoms with Crippen molar-refractivity contribution in [2.45, 2.75) is 12.5 Å². The summed E-state index contributed by atoms with van der Waals surface area (Å²) in [7, 11) is 0. The molecule has 2 N–H and O–H groups in total. The SMILES string of the molecule is CC(=O)C1(c2ccc(Oc3ccc([N+](=O)[O-])cc3)cc2)C=CNN1. The third-order valence-electron chi connectivity index (χ3n) is 3.83. The number of carbonyl (C=O) groups is 1. The Hall–Kier alpha value is -3.19. The van der Waals surface area contributed by atoms with Gasteiger partial charge in [0.2, 0.25) is 0 Å². The van der Waals surface area contributed by atoms with E-state index in [1.165, 1.54) is 31.2 Å². The van der Waals surface area contributed by atoms with Gasteiger partial charge >= 0.3 is 0 Å². The second-order valence-corrected chi connectivity index (χ2v) is 5.34. The van der Waals surface area contributed by atoms with E-state index in [0.717, 1.165) is 5.56 Å². The highest BCUT2D eigenvalue weighted by Crippen LogP contribution is 2.29. The van der Waals surface area contributed by atoms with E-state index in [1.54, 1.807) is 36.5 Å². The van der Waals surface area contributed by atoms with E-state index >= 15 is 0 Å². The highest BCUT2D eigenvalue weighted by Gasteiger charge is 2.36. The summed E-state index contributed by atoms with van der Waals surface area (Å²) in [6, 6.07) is 12.9. The summed E-state index contributed by atoms with van der Waals surface area (Å²) in [4.78, 5) is 22.2. The summed E-state index contributed by atoms with van der Waals surface area (Å²) in [6.45, 7) is 1.52. The first-order chi connectivity index (χ1) is 11.5. The van der Waals surface area contributed by atoms with Gasteiger partial charge in [0.25, 0.3) is 5.69 Å². The second kappa shape index (κ2) is 6.13. The van der Waals surface area contributed by atoms with E-state index in [-0.39, 0.29) is 11.5 Å². The van der Waals surface area contributed by atoms with Gasteiger partial charge in [0.1, 0.15) is 17.0 Å². The van der Waals surface area contributed by atoms with E-state index in [4.69, 9.17) is 4.74 Å². The number of ether oxygens (including phenoxy) is 1. The number of ketones is 1. The maximum absolute atomic E-state index is 12.0. The first kappa shape index (κ1) is 15.7. The predicted molar refractivity (Wildman–Crippen MR) is 87.4 cm³/mol. The molecule has 0 bridgehead atoms. The quantitative estimate of drug-likeness (QED) is 0.648. The third kappa shape index (κ3) is 2.84. The van der Waals surface area contributed by atoms with Gasteiger partial charge in [-0.1, -0.05) is 12.1 Å². The van der Waals surface area contributed by atoms with Gasteiger partial charge < -0.3 is 10.2 Å². The monoisotopic (exact) mass is 325 g/mol. The lowest BCUT2D eigenvalue weighted by Gasteiger charge is -2.25. The Morgan fingerprint density at radius 3 is 2.12 bits per heavy atom. The molecule has 7 heteroatoms. The van der Waals surface area contributed by atoms with Gasteiger partial charge in [0.05, 0.1) is 4.92 Å². The highest BCUT2D eigenvalue weighted by atomic mass is 16.6. The molecule has 0 aromatic heterocycles. The first-order valence-corrected chi connectivity index (χ1v) is 7.25. The second-order valence-electron chi connectivity index (χ2n) is 5.34. The minimum Gasteiger partial charge on any atom is -0.457 e. The molecule has 2 aromatic carbocycles. The summed E-state index contributed by atoms with van der Waals surface area (Å²) in [5, 5.41) is 10.6. The Balaban J connectivity index is 1.78. The minimum atomic E-state index is -0.883. The van der Waals surface area contributed by atoms with Gasteiger partial charge in [-0.15, -0.1) is 0 Å². The molecular formula is C17H15N3O4. The van der Waals surface area contributed by atoms with Crippen molar-refractivity contribution >= 4 is 11.5 Å². The highest BCUT2D eigenvalue weighted by molar-refractivity contribution is 5.90. The molecule has 0 amide bonds. The molecule has 24 heavy (non-hydrogen) atoms. The van der Waals surface area contributed by atoms with Gasteiger partial charge in [-0.25, -0.2) is 5.43 Å². The molecule has 1 aliphatic heterocycles. The molecule has 122 valence electrons. The van der Waals surface area contributed by atoms with Crippen LogP contribution >= 0.6 is 0 Å². The molecule has 0 aliphatic carbocycles. The van der Waals surface area contributed by atoms with Crippen LogP contribution in [0.4, 0.5) is 5.69 Å². The largest absolute Gasteiger partial charge is 0.457 e. The molecule has 0 spiro atoms. The average Bonchev–Trinajstić information content (AvgIpc) is 3.07. The van der Waals surface area contributed by atoms with Crippen molar-refractivity contribution < 1.29 is 14.5 Å². The summed E-state index contributed by atoms with van der Waals surface area (Å²) < 4.78 is 5.66. The van der Waals surface area contributed by atoms with Crippen molar-refractivity contribution in [1.29, 1.82) is 0 Å². The van der Waals surface area contributed by atoms with Gasteiger partial charge in [-0.2, -0.15) is 0 Å². The van der Waals surface area contributed by atoms with E-state index in [0.29, 0.717) is 11.5 Å². The minimum absolute atomic E-state index is 0.00712. The Morgan fingerprint density at radius 2 is 1.67 bits per heavy atom. The van der Waals surface area contributed by atoms with Crippen molar-refractivity contribution in [3.8, 4) is 11.5 Å². The molecule has 0 radical (unpaired) electrons. The van der Waals surface area contributed by atoms with Crippen LogP contribution in [0.15, 0.2) is 60.8 Å². The number of hydrogen-bond donors (Lipinski definition) is 2. The van der Waals surface area contributed by atoms with E-state index in [1.807, 2.05) is 0 Å². The number of Topliss-reactive ketones (excluding diaryl/α,β-unsaturated/α-hetero) is 1. The number of hydrogen-bond acceptors (Lipinski definition) is 6. The number of rotatable bonds is 5. The lowest BCUT2D eigenvalue weighted by molar-refractivity contribution is -0.384. The Kier molecular flexibility index (Phi) is 4.01. The van der Waals surface area contributed by atoms with E-state index in [9.17, 15) is 14.9 Å². The predicted octanol–water partition coefficient (Wildman–Crippen LogP) is 2.79. The number of nitro benzene ring substituents is 1. The van der Waals surface area contributed by atoms with Crippen LogP contribution in [0.5, 0.6) is 11.5 Å². The van der Waals surface area contributed by atoms with Crippen molar-refractivity contribution in [3.05, 3.63) is 76.5 Å². The molecule has 7 nitrogen and oxygen atoms in total. The molecule has 0 fully saturated rings. The smallest absolute Gasteiger partial charge is 0.269 e. The normalized spacial score (nSPS) is 18.9. The van der Waals surface area contributed by atoms with Gasteiger partial charge in [0.15, 0.2) is 5.78 Å². The van der Waals surface area contributed by atoms with Crippen LogP contribution < -0.4 is 15.6 Å². The van der Waals surface area contributed by atoms with Gasteiger partial charge in [0, 0.05) is 18.3 Å². The molecule has 1 aliphatic rings. The van der Waals surface area contributed by atoms with Crippen molar-refractivity contribution in [2.75, 3.05) is 0 Å². The molecule has 2 aromatic rings. The number of nitro groups is 1. The van der Waals surface area contributed by atoms with E-state index in [2.05, 4.69) is 10.9 Å². The van der Waals surface area contributed by atoms with Crippen LogP contribution in [0.25, 0.3) is 0 Å². The topological polar surface area (TPSA) is 93.5 Å². The van der Waals surface area contributed by atoms with Crippen LogP contribution in [0.3, 0.4) is 0 Å². The molecule has 1 heterocycles. The van der Waals surface area contributed by atoms with Gasteiger partial charge in [-0.05, 0) is 42.8 Å². The molecular weight excluding hydrogens is 310 g/mol. The van der Waals surface area contributed by atoms with Crippen LogP contribution in [0, 0.1) is 10.1 Å². The summed E-state index contributed by atoms with van der Waals surface area (Å²) >= 11 is 0. The number of nitrogens with zero attached hydrogens (tertiary/aromatic N) is 1. The zero-order chi connectivity index (χ0) is 17.2. The summed E-state index contributed by atoms with van der Waals surface area (Å²) in [5.74, 6) is 1.03. The number of nitrogens with one attached hydrogen (secondary N) is 2. The maximum Gasteiger partial charge on any atom is 0.269 e. The zero-order valence-electron chi connectivity index (χ0n) is 12.9. The molecule has 3 rings (SSSR count). The van der Waals surface area contributed by atoms with Crippen molar-refractivity contribution in [3.63, 3.8) is 0 Å². The van der Waals surface area contributed by atoms with Crippen LogP contribution in [-0.4, -0.2) is 10.7 Å². The molecule has 1 unspecified atom stereocenters. The van der Waals surface area contributed by atoms with E-state index < -0.39 is 10.5 Å². The fraction of sp³-hybridized carbons (Fsp3) is 0.118. The number of carbonyl (C=O) groups excluding carboxylic acids is 1. The average molecular weight is 325 g/mol. The lowest BCUT2D eigenvalue weighted by Crippen LogP contribution is -2.47. The van der Waals surface area contributed by atoms with Crippen LogP contribution in [-0.2, 0) is 10.3 Å². The Morgan fingerprint density at radius 1 is 1.08 bits per heavy atom. The van der Waals surface area contributed by atoms with Crippen LogP contribution in [0.2, 0.25) is 0 Å². The van der Waals surface area contributed by atoms with Crippen LogP contribution in [0.1, 0.15) is 12.5 Å². The standard InChI is InChI=1S/C17H15N3O4/c1-12(21)17(10-11-18-19-17)13-2-6-15(7-3-13)24-16-8-4-14(5-9-16)20(22)23/h2-11,18-19H,1H3. The zero-order valence-corrected chi connectivity index (χ0v) is 12.9. The molecule has 0 saturated heterocycles. The fourth-order valence-corrected chi connectivity index (χ4v) is 2.50. The summed E-state index contributed by atoms with van der Waals surface area (Å²) in [5.41, 5.74) is 5.69. The lowest BCUT2D eigenvalue weighted by atomic mass is 9.87. The molecule has 0 saturated carbocycles. The maximum atomic E-state index is 12.0. The summed E-state index contributed by atoms with van der Waals surface area (Å²) in [6.07, 6.45) is 3.45. The fourth-order valence-electron chi connectivity index (χ4n) is 2.50.